The number of nitrogens with zero attached hydrogens (tertiary/aromatic N) is 1. The van der Waals surface area contributed by atoms with Gasteiger partial charge in [-0.05, 0) is 44.7 Å². The molecular weight excluding hydrogens is 410 g/mol. The molecule has 1 rings (SSSR count). The highest BCUT2D eigenvalue weighted by Gasteiger charge is 2.16. The van der Waals surface area contributed by atoms with Crippen LogP contribution in [0.15, 0.2) is 35.2 Å². The van der Waals surface area contributed by atoms with Crippen LogP contribution in [-0.4, -0.2) is 61.6 Å². The van der Waals surface area contributed by atoms with Crippen molar-refractivity contribution in [3.63, 3.8) is 0 Å². The van der Waals surface area contributed by atoms with E-state index in [0.717, 1.165) is 30.6 Å². The molecule has 0 aromatic heterocycles. The number of ether oxygens (including phenoxy) is 1. The number of unbranched alkanes of at least 4 members (excludes halogenated alkanes) is 3. The number of hydrogen-bond donors (Lipinski definition) is 1. The molecule has 1 aromatic carbocycles. The van der Waals surface area contributed by atoms with Crippen molar-refractivity contribution >= 4 is 27.8 Å². The first-order valence-electron chi connectivity index (χ1n) is 10.3. The van der Waals surface area contributed by atoms with Crippen molar-refractivity contribution in [2.24, 2.45) is 0 Å². The molecular formula is C21H35NO5S2. The number of hydrogen-bond acceptors (Lipinski definition) is 6. The largest absolute Gasteiger partial charge is 0.466 e. The molecule has 0 radical (unpaired) electrons. The molecule has 1 atom stereocenters. The quantitative estimate of drug-likeness (QED) is 0.237. The zero-order valence-corrected chi connectivity index (χ0v) is 19.2. The van der Waals surface area contributed by atoms with Gasteiger partial charge < -0.3 is 9.84 Å². The third-order valence-electron chi connectivity index (χ3n) is 4.44. The lowest BCUT2D eigenvalue weighted by molar-refractivity contribution is -0.143. The molecule has 0 aliphatic carbocycles. The topological polar surface area (TPSA) is 83.9 Å². The van der Waals surface area contributed by atoms with Crippen LogP contribution in [-0.2, 0) is 19.6 Å². The molecule has 0 aliphatic heterocycles. The number of sulfonamides is 1. The minimum Gasteiger partial charge on any atom is -0.466 e. The molecule has 1 unspecified atom stereocenters. The van der Waals surface area contributed by atoms with Crippen LogP contribution in [0.4, 0.5) is 0 Å². The van der Waals surface area contributed by atoms with Gasteiger partial charge in [0.25, 0.3) is 0 Å². The average molecular weight is 446 g/mol. The van der Waals surface area contributed by atoms with E-state index in [2.05, 4.69) is 0 Å². The molecule has 0 saturated heterocycles. The number of esters is 1. The average Bonchev–Trinajstić information content (AvgIpc) is 2.67. The zero-order valence-electron chi connectivity index (χ0n) is 17.6. The first-order valence-corrected chi connectivity index (χ1v) is 13.1. The van der Waals surface area contributed by atoms with Gasteiger partial charge in [-0.1, -0.05) is 31.0 Å². The van der Waals surface area contributed by atoms with Crippen LogP contribution in [0.2, 0.25) is 0 Å². The van der Waals surface area contributed by atoms with Crippen molar-refractivity contribution in [3.05, 3.63) is 30.3 Å². The molecule has 0 amide bonds. The van der Waals surface area contributed by atoms with E-state index < -0.39 is 16.1 Å². The normalized spacial score (nSPS) is 12.8. The maximum atomic E-state index is 12.0. The molecule has 0 heterocycles. The summed E-state index contributed by atoms with van der Waals surface area (Å²) in [5.74, 6) is 0.429. The van der Waals surface area contributed by atoms with Crippen LogP contribution < -0.4 is 0 Å². The van der Waals surface area contributed by atoms with E-state index in [-0.39, 0.29) is 5.97 Å². The second-order valence-electron chi connectivity index (χ2n) is 7.05. The fourth-order valence-electron chi connectivity index (χ4n) is 2.88. The van der Waals surface area contributed by atoms with Crippen LogP contribution in [0.1, 0.15) is 51.9 Å². The summed E-state index contributed by atoms with van der Waals surface area (Å²) in [6.45, 7) is 3.10. The summed E-state index contributed by atoms with van der Waals surface area (Å²) in [5, 5.41) is 10.2. The molecule has 0 fully saturated rings. The van der Waals surface area contributed by atoms with Gasteiger partial charge in [0, 0.05) is 30.2 Å². The van der Waals surface area contributed by atoms with Gasteiger partial charge in [0.05, 0.1) is 19.0 Å². The van der Waals surface area contributed by atoms with Crippen LogP contribution in [0.5, 0.6) is 0 Å². The highest BCUT2D eigenvalue weighted by molar-refractivity contribution is 7.99. The third kappa shape index (κ3) is 12.9. The summed E-state index contributed by atoms with van der Waals surface area (Å²) in [4.78, 5) is 12.4. The van der Waals surface area contributed by atoms with Gasteiger partial charge in [0.1, 0.15) is 0 Å². The molecule has 0 aliphatic rings. The van der Waals surface area contributed by atoms with Gasteiger partial charge in [-0.2, -0.15) is 0 Å². The Bertz CT molecular complexity index is 667. The van der Waals surface area contributed by atoms with Gasteiger partial charge in [-0.15, -0.1) is 11.8 Å². The predicted molar refractivity (Wildman–Crippen MR) is 119 cm³/mol. The Balaban J connectivity index is 2.21. The van der Waals surface area contributed by atoms with Crippen molar-refractivity contribution in [2.45, 2.75) is 62.9 Å². The molecule has 1 aromatic rings. The lowest BCUT2D eigenvalue weighted by Crippen LogP contribution is -2.32. The van der Waals surface area contributed by atoms with Crippen molar-refractivity contribution < 1.29 is 23.1 Å². The number of thioether (sulfide) groups is 1. The van der Waals surface area contributed by atoms with E-state index >= 15 is 0 Å². The molecule has 29 heavy (non-hydrogen) atoms. The Hall–Kier alpha value is -1.09. The van der Waals surface area contributed by atoms with Crippen molar-refractivity contribution in [1.82, 2.24) is 4.31 Å². The van der Waals surface area contributed by atoms with Gasteiger partial charge in [0.2, 0.25) is 10.0 Å². The molecule has 6 nitrogen and oxygen atoms in total. The highest BCUT2D eigenvalue weighted by Crippen LogP contribution is 2.19. The zero-order chi connectivity index (χ0) is 21.5. The van der Waals surface area contributed by atoms with Crippen LogP contribution in [0.3, 0.4) is 0 Å². The van der Waals surface area contributed by atoms with Gasteiger partial charge in [-0.3, -0.25) is 4.79 Å². The van der Waals surface area contributed by atoms with Crippen LogP contribution in [0, 0.1) is 0 Å². The number of aliphatic hydroxyl groups excluding tert-OH is 1. The van der Waals surface area contributed by atoms with Crippen molar-refractivity contribution in [1.29, 1.82) is 0 Å². The fourth-order valence-corrected chi connectivity index (χ4v) is 4.71. The van der Waals surface area contributed by atoms with Crippen LogP contribution >= 0.6 is 11.8 Å². The minimum atomic E-state index is -3.26. The van der Waals surface area contributed by atoms with E-state index in [1.165, 1.54) is 10.6 Å². The standard InChI is InChI=1S/C21H35NO5S2/c1-3-27-21(24)15-9-4-5-10-16-22(29(2,25)26)17-11-12-19(23)18-28-20-13-7-6-8-14-20/h6-8,13-14,19,23H,3-5,9-12,15-18H2,1-2H3. The molecule has 0 saturated carbocycles. The monoisotopic (exact) mass is 445 g/mol. The SMILES string of the molecule is CCOC(=O)CCCCCCN(CCCC(O)CSc1ccccc1)S(C)(=O)=O. The lowest BCUT2D eigenvalue weighted by Gasteiger charge is -2.20. The summed E-state index contributed by atoms with van der Waals surface area (Å²) in [7, 11) is -3.26. The maximum Gasteiger partial charge on any atom is 0.305 e. The lowest BCUT2D eigenvalue weighted by atomic mass is 10.1. The van der Waals surface area contributed by atoms with E-state index in [1.54, 1.807) is 18.7 Å². The molecule has 166 valence electrons. The summed E-state index contributed by atoms with van der Waals surface area (Å²) in [6, 6.07) is 9.91. The Morgan fingerprint density at radius 3 is 2.41 bits per heavy atom. The third-order valence-corrected chi connectivity index (χ3v) is 6.90. The number of benzene rings is 1. The smallest absolute Gasteiger partial charge is 0.305 e. The summed E-state index contributed by atoms with van der Waals surface area (Å²) in [6.07, 6.45) is 5.69. The first-order chi connectivity index (χ1) is 13.8. The second-order valence-corrected chi connectivity index (χ2v) is 10.1. The summed E-state index contributed by atoms with van der Waals surface area (Å²) >= 11 is 1.60. The summed E-state index contributed by atoms with van der Waals surface area (Å²) in [5.41, 5.74) is 0. The Morgan fingerprint density at radius 2 is 1.76 bits per heavy atom. The molecule has 0 bridgehead atoms. The van der Waals surface area contributed by atoms with E-state index in [0.29, 0.717) is 44.7 Å². The minimum absolute atomic E-state index is 0.172. The molecule has 8 heteroatoms. The highest BCUT2D eigenvalue weighted by atomic mass is 32.2. The van der Waals surface area contributed by atoms with Gasteiger partial charge >= 0.3 is 5.97 Å². The van der Waals surface area contributed by atoms with E-state index in [1.807, 2.05) is 30.3 Å². The van der Waals surface area contributed by atoms with Crippen molar-refractivity contribution in [2.75, 3.05) is 31.7 Å². The Morgan fingerprint density at radius 1 is 1.10 bits per heavy atom. The number of carbonyl (C=O) groups excluding carboxylic acids is 1. The van der Waals surface area contributed by atoms with Gasteiger partial charge in [-0.25, -0.2) is 12.7 Å². The summed E-state index contributed by atoms with van der Waals surface area (Å²) < 4.78 is 30.4. The number of rotatable bonds is 16. The Labute approximate surface area is 180 Å². The fraction of sp³-hybridized carbons (Fsp3) is 0.667. The van der Waals surface area contributed by atoms with E-state index in [4.69, 9.17) is 4.74 Å². The maximum absolute atomic E-state index is 12.0. The predicted octanol–water partition coefficient (Wildman–Crippen LogP) is 3.70. The first kappa shape index (κ1) is 25.9. The molecule has 1 N–H and O–H groups in total. The Kier molecular flexibility index (Phi) is 13.3. The van der Waals surface area contributed by atoms with Gasteiger partial charge in [0.15, 0.2) is 0 Å². The number of carbonyl (C=O) groups is 1. The van der Waals surface area contributed by atoms with Crippen molar-refractivity contribution in [3.8, 4) is 0 Å². The van der Waals surface area contributed by atoms with Crippen LogP contribution in [0.25, 0.3) is 0 Å². The number of aliphatic hydroxyl groups is 1. The van der Waals surface area contributed by atoms with E-state index in [9.17, 15) is 18.3 Å². The second kappa shape index (κ2) is 14.8. The molecule has 0 spiro atoms.